The highest BCUT2D eigenvalue weighted by atomic mass is 32.1. The van der Waals surface area contributed by atoms with Crippen LogP contribution >= 0.6 is 11.3 Å². The molecule has 0 fully saturated rings. The Hall–Kier alpha value is -3.10. The summed E-state index contributed by atoms with van der Waals surface area (Å²) in [6.07, 6.45) is 5.00. The molecule has 0 saturated heterocycles. The molecular weight excluding hydrogens is 372 g/mol. The Morgan fingerprint density at radius 2 is 2.04 bits per heavy atom. The fourth-order valence-electron chi connectivity index (χ4n) is 3.41. The van der Waals surface area contributed by atoms with Gasteiger partial charge < -0.3 is 5.11 Å². The van der Waals surface area contributed by atoms with Gasteiger partial charge in [0.25, 0.3) is 0 Å². The maximum Gasteiger partial charge on any atom is 0.181 e. The third-order valence-electron chi connectivity index (χ3n) is 4.80. The molecule has 0 aliphatic rings. The van der Waals surface area contributed by atoms with E-state index in [9.17, 15) is 5.11 Å². The summed E-state index contributed by atoms with van der Waals surface area (Å²) < 4.78 is 3.61. The highest BCUT2D eigenvalue weighted by Gasteiger charge is 2.17. The minimum atomic E-state index is -0.532. The number of hydrogen-bond acceptors (Lipinski definition) is 6. The van der Waals surface area contributed by atoms with E-state index in [0.29, 0.717) is 5.65 Å². The summed E-state index contributed by atoms with van der Waals surface area (Å²) in [7, 11) is 3.81. The SMILES string of the molecule is C[C@@H](O)c1cc2c(-c3ccnn3C)cc(-c3cnc4nn(C)cc4c3)nc2s1. The van der Waals surface area contributed by atoms with Crippen LogP contribution in [-0.4, -0.2) is 34.6 Å². The fourth-order valence-corrected chi connectivity index (χ4v) is 4.40. The summed E-state index contributed by atoms with van der Waals surface area (Å²) in [6, 6.07) is 8.13. The molecule has 0 bridgehead atoms. The van der Waals surface area contributed by atoms with Crippen molar-refractivity contribution in [1.82, 2.24) is 29.5 Å². The molecule has 0 saturated carbocycles. The molecule has 0 spiro atoms. The van der Waals surface area contributed by atoms with Crippen LogP contribution < -0.4 is 0 Å². The lowest BCUT2D eigenvalue weighted by Gasteiger charge is -2.08. The Morgan fingerprint density at radius 1 is 1.18 bits per heavy atom. The minimum Gasteiger partial charge on any atom is -0.388 e. The van der Waals surface area contributed by atoms with E-state index < -0.39 is 6.10 Å². The predicted octanol–water partition coefficient (Wildman–Crippen LogP) is 3.70. The first-order valence-corrected chi connectivity index (χ1v) is 9.72. The first-order valence-electron chi connectivity index (χ1n) is 8.90. The smallest absolute Gasteiger partial charge is 0.181 e. The molecule has 1 N–H and O–H groups in total. The molecule has 5 aromatic heterocycles. The molecule has 8 heteroatoms. The normalized spacial score (nSPS) is 12.9. The van der Waals surface area contributed by atoms with Gasteiger partial charge in [-0.3, -0.25) is 9.36 Å². The Morgan fingerprint density at radius 3 is 2.79 bits per heavy atom. The van der Waals surface area contributed by atoms with Gasteiger partial charge in [0, 0.05) is 59.5 Å². The van der Waals surface area contributed by atoms with Gasteiger partial charge >= 0.3 is 0 Å². The number of aromatic nitrogens is 6. The van der Waals surface area contributed by atoms with E-state index in [0.717, 1.165) is 43.0 Å². The first-order chi connectivity index (χ1) is 13.5. The third kappa shape index (κ3) is 2.69. The lowest BCUT2D eigenvalue weighted by Crippen LogP contribution is -1.95. The molecule has 0 unspecified atom stereocenters. The third-order valence-corrected chi connectivity index (χ3v) is 6.00. The van der Waals surface area contributed by atoms with Gasteiger partial charge in [-0.15, -0.1) is 11.3 Å². The van der Waals surface area contributed by atoms with Gasteiger partial charge in [-0.25, -0.2) is 9.97 Å². The molecule has 0 aliphatic carbocycles. The van der Waals surface area contributed by atoms with Gasteiger partial charge in [-0.1, -0.05) is 0 Å². The van der Waals surface area contributed by atoms with E-state index in [2.05, 4.69) is 27.3 Å². The number of aliphatic hydroxyl groups excluding tert-OH is 1. The van der Waals surface area contributed by atoms with Crippen LogP contribution in [0.1, 0.15) is 17.9 Å². The van der Waals surface area contributed by atoms with Gasteiger partial charge in [0.2, 0.25) is 0 Å². The number of aliphatic hydroxyl groups is 1. The Balaban J connectivity index is 1.77. The monoisotopic (exact) mass is 390 g/mol. The van der Waals surface area contributed by atoms with E-state index >= 15 is 0 Å². The molecule has 28 heavy (non-hydrogen) atoms. The Bertz CT molecular complexity index is 1330. The second-order valence-electron chi connectivity index (χ2n) is 6.88. The highest BCUT2D eigenvalue weighted by molar-refractivity contribution is 7.18. The Labute approximate surface area is 164 Å². The molecule has 5 heterocycles. The summed E-state index contributed by atoms with van der Waals surface area (Å²) in [4.78, 5) is 11.1. The van der Waals surface area contributed by atoms with Crippen molar-refractivity contribution in [3.8, 4) is 22.5 Å². The van der Waals surface area contributed by atoms with Crippen LogP contribution in [0.2, 0.25) is 0 Å². The van der Waals surface area contributed by atoms with E-state index in [4.69, 9.17) is 4.98 Å². The summed E-state index contributed by atoms with van der Waals surface area (Å²) in [5, 5.41) is 20.7. The summed E-state index contributed by atoms with van der Waals surface area (Å²) in [6.45, 7) is 1.77. The van der Waals surface area contributed by atoms with Gasteiger partial charge in [-0.05, 0) is 31.2 Å². The molecular formula is C20H18N6OS. The quantitative estimate of drug-likeness (QED) is 0.508. The van der Waals surface area contributed by atoms with E-state index in [-0.39, 0.29) is 0 Å². The number of thiophene rings is 1. The lowest BCUT2D eigenvalue weighted by molar-refractivity contribution is 0.203. The van der Waals surface area contributed by atoms with E-state index in [1.165, 1.54) is 11.3 Å². The number of hydrogen-bond donors (Lipinski definition) is 1. The molecule has 5 aromatic rings. The number of pyridine rings is 2. The molecule has 0 amide bonds. The van der Waals surface area contributed by atoms with E-state index in [1.54, 1.807) is 24.0 Å². The summed E-state index contributed by atoms with van der Waals surface area (Å²) in [5.74, 6) is 0. The molecule has 140 valence electrons. The molecule has 7 nitrogen and oxygen atoms in total. The van der Waals surface area contributed by atoms with Crippen LogP contribution in [0.3, 0.4) is 0 Å². The first kappa shape index (κ1) is 17.0. The van der Waals surface area contributed by atoms with Gasteiger partial charge in [-0.2, -0.15) is 10.2 Å². The predicted molar refractivity (Wildman–Crippen MR) is 110 cm³/mol. The molecule has 0 radical (unpaired) electrons. The fraction of sp³-hybridized carbons (Fsp3) is 0.200. The highest BCUT2D eigenvalue weighted by Crippen LogP contribution is 2.38. The van der Waals surface area contributed by atoms with Crippen molar-refractivity contribution in [2.45, 2.75) is 13.0 Å². The zero-order chi connectivity index (χ0) is 19.4. The Kier molecular flexibility index (Phi) is 3.78. The van der Waals surface area contributed by atoms with E-state index in [1.807, 2.05) is 37.1 Å². The van der Waals surface area contributed by atoms with Crippen molar-refractivity contribution in [3.05, 3.63) is 47.7 Å². The van der Waals surface area contributed by atoms with Crippen LogP contribution in [0.15, 0.2) is 42.9 Å². The van der Waals surface area contributed by atoms with Gasteiger partial charge in [0.15, 0.2) is 5.65 Å². The van der Waals surface area contributed by atoms with Crippen molar-refractivity contribution in [1.29, 1.82) is 0 Å². The zero-order valence-electron chi connectivity index (χ0n) is 15.7. The maximum atomic E-state index is 10.1. The van der Waals surface area contributed by atoms with Crippen molar-refractivity contribution < 1.29 is 5.11 Å². The van der Waals surface area contributed by atoms with Crippen LogP contribution in [0, 0.1) is 0 Å². The van der Waals surface area contributed by atoms with Gasteiger partial charge in [0.05, 0.1) is 17.5 Å². The van der Waals surface area contributed by atoms with Crippen LogP contribution in [-0.2, 0) is 14.1 Å². The average molecular weight is 390 g/mol. The molecule has 0 aromatic carbocycles. The van der Waals surface area contributed by atoms with Crippen molar-refractivity contribution in [2.24, 2.45) is 14.1 Å². The van der Waals surface area contributed by atoms with Crippen LogP contribution in [0.5, 0.6) is 0 Å². The average Bonchev–Trinajstić information content (AvgIpc) is 3.36. The maximum absolute atomic E-state index is 10.1. The number of nitrogens with zero attached hydrogens (tertiary/aromatic N) is 6. The van der Waals surface area contributed by atoms with Crippen LogP contribution in [0.25, 0.3) is 43.8 Å². The lowest BCUT2D eigenvalue weighted by atomic mass is 10.0. The largest absolute Gasteiger partial charge is 0.388 e. The van der Waals surface area contributed by atoms with Crippen LogP contribution in [0.4, 0.5) is 0 Å². The van der Waals surface area contributed by atoms with Crippen molar-refractivity contribution >= 4 is 32.6 Å². The van der Waals surface area contributed by atoms with Gasteiger partial charge in [0.1, 0.15) is 4.83 Å². The number of fused-ring (bicyclic) bond motifs is 2. The zero-order valence-corrected chi connectivity index (χ0v) is 16.5. The molecule has 1 atom stereocenters. The molecule has 5 rings (SSSR count). The van der Waals surface area contributed by atoms with Crippen molar-refractivity contribution in [2.75, 3.05) is 0 Å². The molecule has 0 aliphatic heterocycles. The number of rotatable bonds is 3. The summed E-state index contributed by atoms with van der Waals surface area (Å²) >= 11 is 1.51. The minimum absolute atomic E-state index is 0.532. The number of aryl methyl sites for hydroxylation is 2. The topological polar surface area (TPSA) is 81.7 Å². The second kappa shape index (κ2) is 6.22. The second-order valence-corrected chi connectivity index (χ2v) is 7.94. The van der Waals surface area contributed by atoms with Crippen molar-refractivity contribution in [3.63, 3.8) is 0 Å². The summed E-state index contributed by atoms with van der Waals surface area (Å²) in [5.41, 5.74) is 4.51. The standard InChI is InChI=1S/C20H18N6OS/c1-11(27)18-8-15-14(17-4-5-22-26(17)3)7-16(23-20(15)28-18)12-6-13-10-25(2)24-19(13)21-9-12/h4-11,27H,1-3H3/t11-/m1/s1.